The Morgan fingerprint density at radius 2 is 2.14 bits per heavy atom. The first kappa shape index (κ1) is 15.5. The van der Waals surface area contributed by atoms with E-state index in [2.05, 4.69) is 29.0 Å². The van der Waals surface area contributed by atoms with Gasteiger partial charge in [0, 0.05) is 19.6 Å². The predicted octanol–water partition coefficient (Wildman–Crippen LogP) is 3.44. The average molecular weight is 292 g/mol. The molecule has 1 aromatic rings. The van der Waals surface area contributed by atoms with Crippen LogP contribution in [0.15, 0.2) is 12.1 Å². The number of hydrogen-bond acceptors (Lipinski definition) is 5. The van der Waals surface area contributed by atoms with Crippen molar-refractivity contribution in [3.05, 3.63) is 22.2 Å². The molecule has 1 N–H and O–H groups in total. The van der Waals surface area contributed by atoms with Crippen molar-refractivity contribution in [2.24, 2.45) is 5.92 Å². The first-order valence-electron chi connectivity index (χ1n) is 7.79. The Morgan fingerprint density at radius 3 is 2.71 bits per heavy atom. The minimum Gasteiger partial charge on any atom is -0.370 e. The summed E-state index contributed by atoms with van der Waals surface area (Å²) in [5, 5.41) is 14.3. The molecule has 6 nitrogen and oxygen atoms in total. The number of pyridine rings is 1. The van der Waals surface area contributed by atoms with Crippen molar-refractivity contribution in [1.82, 2.24) is 4.98 Å². The maximum atomic E-state index is 11.1. The van der Waals surface area contributed by atoms with E-state index in [9.17, 15) is 10.1 Å². The summed E-state index contributed by atoms with van der Waals surface area (Å²) >= 11 is 0. The molecule has 2 rings (SSSR count). The molecule has 0 spiro atoms. The van der Waals surface area contributed by atoms with Gasteiger partial charge in [0.05, 0.1) is 17.1 Å². The van der Waals surface area contributed by atoms with E-state index < -0.39 is 0 Å². The molecular formula is C15H24N4O2. The Labute approximate surface area is 125 Å². The molecule has 0 atom stereocenters. The lowest BCUT2D eigenvalue weighted by molar-refractivity contribution is -0.384. The second-order valence-corrected chi connectivity index (χ2v) is 5.64. The van der Waals surface area contributed by atoms with Crippen LogP contribution in [0.1, 0.15) is 39.5 Å². The number of nitro groups is 1. The number of hydrogen-bond donors (Lipinski definition) is 1. The van der Waals surface area contributed by atoms with E-state index in [1.54, 1.807) is 6.07 Å². The van der Waals surface area contributed by atoms with Crippen molar-refractivity contribution in [1.29, 1.82) is 0 Å². The summed E-state index contributed by atoms with van der Waals surface area (Å²) in [6.45, 7) is 6.78. The molecule has 0 bridgehead atoms. The van der Waals surface area contributed by atoms with Crippen LogP contribution in [-0.2, 0) is 0 Å². The molecule has 21 heavy (non-hydrogen) atoms. The average Bonchev–Trinajstić information content (AvgIpc) is 3.28. The third kappa shape index (κ3) is 4.58. The highest BCUT2D eigenvalue weighted by Crippen LogP contribution is 2.32. The van der Waals surface area contributed by atoms with Gasteiger partial charge in [0.15, 0.2) is 0 Å². The highest BCUT2D eigenvalue weighted by Gasteiger charge is 2.25. The minimum absolute atomic E-state index is 0.107. The van der Waals surface area contributed by atoms with Crippen LogP contribution in [-0.4, -0.2) is 29.5 Å². The van der Waals surface area contributed by atoms with Crippen molar-refractivity contribution in [2.75, 3.05) is 29.9 Å². The van der Waals surface area contributed by atoms with E-state index in [1.807, 2.05) is 0 Å². The molecule has 1 fully saturated rings. The Morgan fingerprint density at radius 1 is 1.38 bits per heavy atom. The van der Waals surface area contributed by atoms with Gasteiger partial charge >= 0.3 is 0 Å². The third-order valence-corrected chi connectivity index (χ3v) is 3.56. The van der Waals surface area contributed by atoms with Crippen molar-refractivity contribution in [3.63, 3.8) is 0 Å². The summed E-state index contributed by atoms with van der Waals surface area (Å²) in [7, 11) is 0. The van der Waals surface area contributed by atoms with Crippen LogP contribution in [0.25, 0.3) is 0 Å². The van der Waals surface area contributed by atoms with E-state index in [-0.39, 0.29) is 10.6 Å². The first-order chi connectivity index (χ1) is 10.1. The largest absolute Gasteiger partial charge is 0.370 e. The van der Waals surface area contributed by atoms with E-state index in [0.717, 1.165) is 44.2 Å². The molecule has 0 radical (unpaired) electrons. The minimum atomic E-state index is -0.344. The van der Waals surface area contributed by atoms with E-state index >= 15 is 0 Å². The van der Waals surface area contributed by atoms with Gasteiger partial charge in [-0.2, -0.15) is 0 Å². The summed E-state index contributed by atoms with van der Waals surface area (Å²) < 4.78 is 0. The summed E-state index contributed by atoms with van der Waals surface area (Å²) in [6.07, 6.45) is 4.49. The Hall–Kier alpha value is -1.85. The molecule has 0 aliphatic heterocycles. The van der Waals surface area contributed by atoms with Gasteiger partial charge in [-0.1, -0.05) is 13.8 Å². The Bertz CT molecular complexity index is 489. The van der Waals surface area contributed by atoms with Gasteiger partial charge in [0.2, 0.25) is 0 Å². The first-order valence-corrected chi connectivity index (χ1v) is 7.79. The van der Waals surface area contributed by atoms with Crippen LogP contribution in [0.4, 0.5) is 17.3 Å². The molecule has 1 heterocycles. The molecule has 0 saturated heterocycles. The van der Waals surface area contributed by atoms with Crippen molar-refractivity contribution < 1.29 is 4.92 Å². The summed E-state index contributed by atoms with van der Waals surface area (Å²) in [5.74, 6) is 2.04. The summed E-state index contributed by atoms with van der Waals surface area (Å²) in [5.41, 5.74) is 0.107. The van der Waals surface area contributed by atoms with Crippen LogP contribution in [0, 0.1) is 16.0 Å². The fourth-order valence-corrected chi connectivity index (χ4v) is 2.29. The maximum absolute atomic E-state index is 11.1. The van der Waals surface area contributed by atoms with E-state index in [1.165, 1.54) is 18.9 Å². The smallest absolute Gasteiger partial charge is 0.276 e. The van der Waals surface area contributed by atoms with Crippen LogP contribution in [0.2, 0.25) is 0 Å². The quantitative estimate of drug-likeness (QED) is 0.557. The van der Waals surface area contributed by atoms with Crippen molar-refractivity contribution in [3.8, 4) is 0 Å². The molecule has 0 aromatic carbocycles. The van der Waals surface area contributed by atoms with E-state index in [0.29, 0.717) is 5.82 Å². The molecular weight excluding hydrogens is 268 g/mol. The van der Waals surface area contributed by atoms with Gasteiger partial charge in [-0.3, -0.25) is 10.1 Å². The number of nitrogens with zero attached hydrogens (tertiary/aromatic N) is 3. The molecule has 1 aliphatic rings. The molecule has 1 aromatic heterocycles. The molecule has 6 heteroatoms. The van der Waals surface area contributed by atoms with Gasteiger partial charge in [0.25, 0.3) is 5.69 Å². The number of aromatic nitrogens is 1. The lowest BCUT2D eigenvalue weighted by atomic mass is 10.3. The van der Waals surface area contributed by atoms with Gasteiger partial charge in [0.1, 0.15) is 11.6 Å². The van der Waals surface area contributed by atoms with Gasteiger partial charge < -0.3 is 10.2 Å². The second kappa shape index (κ2) is 7.24. The normalized spacial score (nSPS) is 14.0. The third-order valence-electron chi connectivity index (χ3n) is 3.56. The molecule has 0 unspecified atom stereocenters. The highest BCUT2D eigenvalue weighted by molar-refractivity contribution is 5.56. The topological polar surface area (TPSA) is 71.3 Å². The molecule has 0 amide bonds. The standard InChI is InChI=1S/C15H24N4O2/c1-3-7-16-14-9-13(19(20)21)10-15(17-14)18(8-4-2)11-12-5-6-12/h9-10,12H,3-8,11H2,1-2H3,(H,16,17). The predicted molar refractivity (Wildman–Crippen MR) is 84.9 cm³/mol. The summed E-state index contributed by atoms with van der Waals surface area (Å²) in [4.78, 5) is 17.5. The van der Waals surface area contributed by atoms with Crippen LogP contribution < -0.4 is 10.2 Å². The lowest BCUT2D eigenvalue weighted by Gasteiger charge is -2.23. The van der Waals surface area contributed by atoms with Crippen LogP contribution >= 0.6 is 0 Å². The Balaban J connectivity index is 2.24. The molecule has 1 aliphatic carbocycles. The number of nitrogens with one attached hydrogen (secondary N) is 1. The fraction of sp³-hybridized carbons (Fsp3) is 0.667. The van der Waals surface area contributed by atoms with Gasteiger partial charge in [-0.25, -0.2) is 4.98 Å². The lowest BCUT2D eigenvalue weighted by Crippen LogP contribution is -2.27. The van der Waals surface area contributed by atoms with Crippen LogP contribution in [0.5, 0.6) is 0 Å². The maximum Gasteiger partial charge on any atom is 0.276 e. The van der Waals surface area contributed by atoms with Crippen molar-refractivity contribution in [2.45, 2.75) is 39.5 Å². The monoisotopic (exact) mass is 292 g/mol. The summed E-state index contributed by atoms with van der Waals surface area (Å²) in [6, 6.07) is 3.11. The number of rotatable bonds is 9. The van der Waals surface area contributed by atoms with Gasteiger partial charge in [-0.05, 0) is 31.6 Å². The van der Waals surface area contributed by atoms with Gasteiger partial charge in [-0.15, -0.1) is 0 Å². The SMILES string of the molecule is CCCNc1cc([N+](=O)[O-])cc(N(CCC)CC2CC2)n1. The Kier molecular flexibility index (Phi) is 5.36. The molecule has 116 valence electrons. The molecule has 1 saturated carbocycles. The van der Waals surface area contributed by atoms with Crippen LogP contribution in [0.3, 0.4) is 0 Å². The van der Waals surface area contributed by atoms with E-state index in [4.69, 9.17) is 0 Å². The fourth-order valence-electron chi connectivity index (χ4n) is 2.29. The zero-order valence-corrected chi connectivity index (χ0v) is 12.8. The zero-order valence-electron chi connectivity index (χ0n) is 12.8. The second-order valence-electron chi connectivity index (χ2n) is 5.64. The number of anilines is 2. The zero-order chi connectivity index (χ0) is 15.2. The van der Waals surface area contributed by atoms with Crippen molar-refractivity contribution >= 4 is 17.3 Å². The highest BCUT2D eigenvalue weighted by atomic mass is 16.6.